The average Bonchev–Trinajstić information content (AvgIpc) is 3.47. The summed E-state index contributed by atoms with van der Waals surface area (Å²) in [7, 11) is 0. The van der Waals surface area contributed by atoms with Crippen molar-refractivity contribution in [3.63, 3.8) is 0 Å². The van der Waals surface area contributed by atoms with Gasteiger partial charge in [0, 0.05) is 27.2 Å². The Kier molecular flexibility index (Phi) is 4.60. The zero-order valence-corrected chi connectivity index (χ0v) is 17.8. The summed E-state index contributed by atoms with van der Waals surface area (Å²) in [6.45, 7) is 2.08. The maximum Gasteiger partial charge on any atom is 0.267 e. The Morgan fingerprint density at radius 2 is 2.07 bits per heavy atom. The van der Waals surface area contributed by atoms with E-state index in [1.807, 2.05) is 24.3 Å². The van der Waals surface area contributed by atoms with Crippen LogP contribution in [0.3, 0.4) is 0 Å². The third kappa shape index (κ3) is 3.03. The van der Waals surface area contributed by atoms with Crippen molar-refractivity contribution < 1.29 is 4.79 Å². The molecule has 5 rings (SSSR count). The Bertz CT molecular complexity index is 1220. The number of benzene rings is 1. The van der Waals surface area contributed by atoms with Gasteiger partial charge < -0.3 is 11.1 Å². The van der Waals surface area contributed by atoms with Crippen molar-refractivity contribution in [1.29, 1.82) is 0 Å². The van der Waals surface area contributed by atoms with Crippen LogP contribution in [0.5, 0.6) is 0 Å². The molecule has 0 radical (unpaired) electrons. The van der Waals surface area contributed by atoms with Crippen molar-refractivity contribution >= 4 is 50.2 Å². The van der Waals surface area contributed by atoms with Crippen LogP contribution in [0.2, 0.25) is 0 Å². The first kappa shape index (κ1) is 18.3. The number of nitrogens with two attached hydrogens (primary N) is 1. The standard InChI is InChI=1S/C23H21N3OS2/c1-2-13-7-3-4-9-15(13)25-22(27)21-20(24)19-18(17-11-6-12-28-17)14-8-5-10-16(14)26-23(19)29-21/h3-4,6-7,9,11-12H,2,5,8,10,24H2,1H3,(H,25,27). The van der Waals surface area contributed by atoms with Crippen molar-refractivity contribution in [2.45, 2.75) is 32.6 Å². The first-order chi connectivity index (χ1) is 14.2. The molecule has 4 aromatic rings. The second-order valence-electron chi connectivity index (χ2n) is 7.23. The highest BCUT2D eigenvalue weighted by atomic mass is 32.1. The van der Waals surface area contributed by atoms with Gasteiger partial charge in [-0.25, -0.2) is 4.98 Å². The normalized spacial score (nSPS) is 13.0. The van der Waals surface area contributed by atoms with Crippen molar-refractivity contribution in [3.05, 3.63) is 63.5 Å². The number of carbonyl (C=O) groups is 1. The smallest absolute Gasteiger partial charge is 0.267 e. The zero-order chi connectivity index (χ0) is 20.0. The molecule has 146 valence electrons. The minimum absolute atomic E-state index is 0.163. The van der Waals surface area contributed by atoms with Crippen LogP contribution >= 0.6 is 22.7 Å². The van der Waals surface area contributed by atoms with E-state index in [0.717, 1.165) is 52.8 Å². The number of carbonyl (C=O) groups excluding carboxylic acids is 1. The first-order valence-corrected chi connectivity index (χ1v) is 11.5. The number of fused-ring (bicyclic) bond motifs is 2. The molecule has 0 atom stereocenters. The van der Waals surface area contributed by atoms with E-state index in [0.29, 0.717) is 10.6 Å². The Morgan fingerprint density at radius 1 is 1.21 bits per heavy atom. The number of aromatic nitrogens is 1. The van der Waals surface area contributed by atoms with Gasteiger partial charge in [0.05, 0.1) is 5.69 Å². The summed E-state index contributed by atoms with van der Waals surface area (Å²) in [5.74, 6) is -0.163. The van der Waals surface area contributed by atoms with Crippen molar-refractivity contribution in [1.82, 2.24) is 4.98 Å². The lowest BCUT2D eigenvalue weighted by Crippen LogP contribution is -2.13. The Labute approximate surface area is 177 Å². The summed E-state index contributed by atoms with van der Waals surface area (Å²) in [5.41, 5.74) is 12.7. The number of hydrogen-bond donors (Lipinski definition) is 2. The number of hydrogen-bond acceptors (Lipinski definition) is 5. The van der Waals surface area contributed by atoms with Gasteiger partial charge in [0.15, 0.2) is 0 Å². The topological polar surface area (TPSA) is 68.0 Å². The molecule has 0 aliphatic heterocycles. The number of pyridine rings is 1. The highest BCUT2D eigenvalue weighted by Crippen LogP contribution is 2.45. The third-order valence-electron chi connectivity index (χ3n) is 5.52. The molecule has 29 heavy (non-hydrogen) atoms. The largest absolute Gasteiger partial charge is 0.397 e. The number of rotatable bonds is 4. The predicted molar refractivity (Wildman–Crippen MR) is 123 cm³/mol. The predicted octanol–water partition coefficient (Wildman–Crippen LogP) is 5.91. The van der Waals surface area contributed by atoms with Crippen LogP contribution in [0, 0.1) is 0 Å². The van der Waals surface area contributed by atoms with Crippen LogP contribution in [0.25, 0.3) is 20.7 Å². The fourth-order valence-corrected chi connectivity index (χ4v) is 5.96. The highest BCUT2D eigenvalue weighted by molar-refractivity contribution is 7.21. The van der Waals surface area contributed by atoms with Crippen molar-refractivity contribution in [2.24, 2.45) is 0 Å². The number of anilines is 2. The zero-order valence-electron chi connectivity index (χ0n) is 16.1. The lowest BCUT2D eigenvalue weighted by molar-refractivity contribution is 0.103. The van der Waals surface area contributed by atoms with E-state index in [4.69, 9.17) is 10.7 Å². The quantitative estimate of drug-likeness (QED) is 0.432. The van der Waals surface area contributed by atoms with E-state index in [2.05, 4.69) is 29.8 Å². The SMILES string of the molecule is CCc1ccccc1NC(=O)c1sc2nc3c(c(-c4cccs4)c2c1N)CCC3. The molecule has 1 aliphatic carbocycles. The number of nitrogens with zero attached hydrogens (tertiary/aromatic N) is 1. The minimum atomic E-state index is -0.163. The van der Waals surface area contributed by atoms with E-state index in [1.165, 1.54) is 27.3 Å². The fourth-order valence-electron chi connectivity index (χ4n) is 4.14. The van der Waals surface area contributed by atoms with Gasteiger partial charge >= 0.3 is 0 Å². The fraction of sp³-hybridized carbons (Fsp3) is 0.217. The molecule has 4 nitrogen and oxygen atoms in total. The molecule has 1 aromatic carbocycles. The van der Waals surface area contributed by atoms with Gasteiger partial charge in [-0.2, -0.15) is 0 Å². The Hall–Kier alpha value is -2.70. The van der Waals surface area contributed by atoms with Gasteiger partial charge in [-0.15, -0.1) is 22.7 Å². The molecule has 0 saturated heterocycles. The second kappa shape index (κ2) is 7.28. The minimum Gasteiger partial charge on any atom is -0.397 e. The molecule has 1 amide bonds. The van der Waals surface area contributed by atoms with Gasteiger partial charge in [-0.05, 0) is 54.3 Å². The van der Waals surface area contributed by atoms with Gasteiger partial charge in [0.2, 0.25) is 0 Å². The number of nitrogen functional groups attached to an aromatic ring is 1. The molecule has 0 spiro atoms. The molecular formula is C23H21N3OS2. The van der Waals surface area contributed by atoms with Crippen molar-refractivity contribution in [2.75, 3.05) is 11.1 Å². The van der Waals surface area contributed by atoms with Crippen LogP contribution in [-0.4, -0.2) is 10.9 Å². The van der Waals surface area contributed by atoms with Gasteiger partial charge in [0.25, 0.3) is 5.91 Å². The first-order valence-electron chi connectivity index (χ1n) is 9.84. The van der Waals surface area contributed by atoms with Gasteiger partial charge in [0.1, 0.15) is 9.71 Å². The van der Waals surface area contributed by atoms with Crippen LogP contribution < -0.4 is 11.1 Å². The molecule has 6 heteroatoms. The molecule has 1 aliphatic rings. The summed E-state index contributed by atoms with van der Waals surface area (Å²) in [6, 6.07) is 12.1. The maximum absolute atomic E-state index is 13.1. The molecule has 3 aromatic heterocycles. The van der Waals surface area contributed by atoms with E-state index in [9.17, 15) is 4.79 Å². The summed E-state index contributed by atoms with van der Waals surface area (Å²) in [4.78, 5) is 20.6. The molecular weight excluding hydrogens is 398 g/mol. The number of nitrogens with one attached hydrogen (secondary N) is 1. The van der Waals surface area contributed by atoms with Gasteiger partial charge in [-0.1, -0.05) is 31.2 Å². The van der Waals surface area contributed by atoms with E-state index in [-0.39, 0.29) is 5.91 Å². The monoisotopic (exact) mass is 419 g/mol. The lowest BCUT2D eigenvalue weighted by atomic mass is 10.0. The van der Waals surface area contributed by atoms with Gasteiger partial charge in [-0.3, -0.25) is 4.79 Å². The molecule has 3 heterocycles. The van der Waals surface area contributed by atoms with Crippen molar-refractivity contribution in [3.8, 4) is 10.4 Å². The maximum atomic E-state index is 13.1. The third-order valence-corrected chi connectivity index (χ3v) is 7.51. The lowest BCUT2D eigenvalue weighted by Gasteiger charge is -2.10. The molecule has 0 saturated carbocycles. The Balaban J connectivity index is 1.64. The summed E-state index contributed by atoms with van der Waals surface area (Å²) in [6.07, 6.45) is 3.99. The van der Waals surface area contributed by atoms with Crippen LogP contribution in [0.1, 0.15) is 39.8 Å². The number of amides is 1. The molecule has 0 unspecified atom stereocenters. The number of aryl methyl sites for hydroxylation is 2. The van der Waals surface area contributed by atoms with Crippen LogP contribution in [0.15, 0.2) is 41.8 Å². The molecule has 3 N–H and O–H groups in total. The number of para-hydroxylation sites is 1. The van der Waals surface area contributed by atoms with E-state index < -0.39 is 0 Å². The van der Waals surface area contributed by atoms with Crippen LogP contribution in [0.4, 0.5) is 11.4 Å². The molecule has 0 bridgehead atoms. The summed E-state index contributed by atoms with van der Waals surface area (Å²) in [5, 5.41) is 6.08. The average molecular weight is 420 g/mol. The number of thiophene rings is 2. The molecule has 0 fully saturated rings. The highest BCUT2D eigenvalue weighted by Gasteiger charge is 2.27. The van der Waals surface area contributed by atoms with E-state index in [1.54, 1.807) is 11.3 Å². The van der Waals surface area contributed by atoms with Crippen LogP contribution in [-0.2, 0) is 19.3 Å². The Morgan fingerprint density at radius 3 is 2.86 bits per heavy atom. The summed E-state index contributed by atoms with van der Waals surface area (Å²) < 4.78 is 0. The van der Waals surface area contributed by atoms with E-state index >= 15 is 0 Å². The second-order valence-corrected chi connectivity index (χ2v) is 9.18. The summed E-state index contributed by atoms with van der Waals surface area (Å²) >= 11 is 3.11.